The van der Waals surface area contributed by atoms with E-state index in [1.165, 1.54) is 64.7 Å². The van der Waals surface area contributed by atoms with Gasteiger partial charge in [0.15, 0.2) is 0 Å². The second-order valence-electron chi connectivity index (χ2n) is 6.27. The third-order valence-electron chi connectivity index (χ3n) is 5.23. The predicted molar refractivity (Wildman–Crippen MR) is 72.1 cm³/mol. The predicted octanol–water partition coefficient (Wildman–Crippen LogP) is 2.24. The summed E-state index contributed by atoms with van der Waals surface area (Å²) in [6.45, 7) is 4.96. The van der Waals surface area contributed by atoms with Crippen LogP contribution in [0.2, 0.25) is 0 Å². The maximum absolute atomic E-state index is 9.34. The highest BCUT2D eigenvalue weighted by Gasteiger charge is 2.36. The molecule has 1 aliphatic carbocycles. The normalized spacial score (nSPS) is 38.9. The molecule has 100 valence electrons. The number of hydrogen-bond acceptors (Lipinski definition) is 3. The van der Waals surface area contributed by atoms with Gasteiger partial charge < -0.3 is 0 Å². The second kappa shape index (κ2) is 5.59. The summed E-state index contributed by atoms with van der Waals surface area (Å²) in [4.78, 5) is 5.34. The smallest absolute Gasteiger partial charge is 0.0672 e. The average molecular weight is 247 g/mol. The molecule has 3 aliphatic rings. The summed E-state index contributed by atoms with van der Waals surface area (Å²) in [7, 11) is 0. The molecule has 3 rings (SSSR count). The lowest BCUT2D eigenvalue weighted by molar-refractivity contribution is 0.00934. The molecule has 2 saturated heterocycles. The Kier molecular flexibility index (Phi) is 3.86. The van der Waals surface area contributed by atoms with Crippen molar-refractivity contribution in [2.24, 2.45) is 5.92 Å². The maximum Gasteiger partial charge on any atom is 0.0672 e. The van der Waals surface area contributed by atoms with E-state index in [2.05, 4.69) is 15.9 Å². The summed E-state index contributed by atoms with van der Waals surface area (Å²) >= 11 is 0. The molecule has 2 heterocycles. The zero-order valence-corrected chi connectivity index (χ0v) is 11.4. The van der Waals surface area contributed by atoms with Gasteiger partial charge >= 0.3 is 0 Å². The van der Waals surface area contributed by atoms with E-state index in [0.29, 0.717) is 12.0 Å². The molecule has 0 bridgehead atoms. The Hall–Kier alpha value is -0.590. The number of piperazine rings is 1. The summed E-state index contributed by atoms with van der Waals surface area (Å²) < 4.78 is 0. The minimum Gasteiger partial charge on any atom is -0.298 e. The Labute approximate surface area is 111 Å². The highest BCUT2D eigenvalue weighted by Crippen LogP contribution is 2.31. The lowest BCUT2D eigenvalue weighted by atomic mass is 9.83. The number of rotatable bonds is 1. The van der Waals surface area contributed by atoms with Crippen LogP contribution >= 0.6 is 0 Å². The average Bonchev–Trinajstić information content (AvgIpc) is 2.46. The minimum absolute atomic E-state index is 0.300. The third kappa shape index (κ3) is 2.41. The fraction of sp³-hybridized carbons (Fsp3) is 0.933. The summed E-state index contributed by atoms with van der Waals surface area (Å²) in [6.07, 6.45) is 9.14. The van der Waals surface area contributed by atoms with Crippen molar-refractivity contribution in [1.29, 1.82) is 5.26 Å². The van der Waals surface area contributed by atoms with Crippen LogP contribution in [0.1, 0.15) is 44.9 Å². The van der Waals surface area contributed by atoms with Gasteiger partial charge in [0.1, 0.15) is 0 Å². The van der Waals surface area contributed by atoms with Crippen molar-refractivity contribution in [3.8, 4) is 6.07 Å². The van der Waals surface area contributed by atoms with Crippen LogP contribution < -0.4 is 0 Å². The molecule has 0 aromatic rings. The number of hydrogen-bond donors (Lipinski definition) is 0. The highest BCUT2D eigenvalue weighted by molar-refractivity contribution is 4.98. The molecule has 0 spiro atoms. The van der Waals surface area contributed by atoms with Crippen molar-refractivity contribution >= 4 is 0 Å². The van der Waals surface area contributed by atoms with Crippen LogP contribution in [-0.4, -0.2) is 48.1 Å². The zero-order valence-electron chi connectivity index (χ0n) is 11.4. The van der Waals surface area contributed by atoms with Gasteiger partial charge in [0, 0.05) is 31.7 Å². The van der Waals surface area contributed by atoms with E-state index in [-0.39, 0.29) is 0 Å². The van der Waals surface area contributed by atoms with Gasteiger partial charge in [-0.05, 0) is 32.2 Å². The lowest BCUT2D eigenvalue weighted by Gasteiger charge is -2.48. The first-order chi connectivity index (χ1) is 8.88. The summed E-state index contributed by atoms with van der Waals surface area (Å²) in [5, 5.41) is 9.34. The summed E-state index contributed by atoms with van der Waals surface area (Å²) in [6, 6.07) is 3.92. The lowest BCUT2D eigenvalue weighted by Crippen LogP contribution is -2.58. The standard InChI is InChI=1S/C15H25N3/c16-11-13-5-1-2-7-15(13)18-10-9-17-8-4-3-6-14(17)12-18/h13-15H,1-10,12H2. The molecule has 3 heteroatoms. The minimum atomic E-state index is 0.300. The number of nitrogens with zero attached hydrogens (tertiary/aromatic N) is 3. The molecular formula is C15H25N3. The molecule has 0 aromatic carbocycles. The van der Waals surface area contributed by atoms with E-state index in [9.17, 15) is 5.26 Å². The van der Waals surface area contributed by atoms with Gasteiger partial charge in [0.05, 0.1) is 12.0 Å². The monoisotopic (exact) mass is 247 g/mol. The van der Waals surface area contributed by atoms with Crippen LogP contribution in [-0.2, 0) is 0 Å². The van der Waals surface area contributed by atoms with E-state index in [0.717, 1.165) is 12.5 Å². The summed E-state index contributed by atoms with van der Waals surface area (Å²) in [5.74, 6) is 0.300. The number of fused-ring (bicyclic) bond motifs is 1. The highest BCUT2D eigenvalue weighted by atomic mass is 15.3. The van der Waals surface area contributed by atoms with Gasteiger partial charge in [-0.3, -0.25) is 9.80 Å². The quantitative estimate of drug-likeness (QED) is 0.712. The third-order valence-corrected chi connectivity index (χ3v) is 5.23. The number of nitriles is 1. The van der Waals surface area contributed by atoms with Crippen molar-refractivity contribution in [2.45, 2.75) is 57.0 Å². The molecule has 0 radical (unpaired) electrons. The van der Waals surface area contributed by atoms with Crippen LogP contribution in [0.15, 0.2) is 0 Å². The molecule has 0 amide bonds. The first kappa shape index (κ1) is 12.4. The Morgan fingerprint density at radius 3 is 2.50 bits per heavy atom. The molecule has 1 saturated carbocycles. The molecule has 18 heavy (non-hydrogen) atoms. The molecule has 3 fully saturated rings. The Balaban J connectivity index is 1.64. The summed E-state index contributed by atoms with van der Waals surface area (Å²) in [5.41, 5.74) is 0. The van der Waals surface area contributed by atoms with E-state index < -0.39 is 0 Å². The Morgan fingerprint density at radius 2 is 1.61 bits per heavy atom. The van der Waals surface area contributed by atoms with Crippen molar-refractivity contribution in [3.05, 3.63) is 0 Å². The molecule has 0 aromatic heterocycles. The molecule has 0 N–H and O–H groups in total. The van der Waals surface area contributed by atoms with Crippen molar-refractivity contribution in [3.63, 3.8) is 0 Å². The van der Waals surface area contributed by atoms with Gasteiger partial charge in [0.25, 0.3) is 0 Å². The Bertz CT molecular complexity index is 322. The first-order valence-electron chi connectivity index (χ1n) is 7.76. The van der Waals surface area contributed by atoms with Crippen LogP contribution in [0.5, 0.6) is 0 Å². The first-order valence-corrected chi connectivity index (χ1v) is 7.76. The maximum atomic E-state index is 9.34. The molecule has 3 atom stereocenters. The number of piperidine rings is 1. The zero-order chi connectivity index (χ0) is 12.4. The van der Waals surface area contributed by atoms with Gasteiger partial charge in [-0.2, -0.15) is 5.26 Å². The van der Waals surface area contributed by atoms with E-state index in [1.54, 1.807) is 0 Å². The van der Waals surface area contributed by atoms with Crippen LogP contribution in [0.3, 0.4) is 0 Å². The van der Waals surface area contributed by atoms with Gasteiger partial charge in [0.2, 0.25) is 0 Å². The van der Waals surface area contributed by atoms with Crippen LogP contribution in [0.4, 0.5) is 0 Å². The van der Waals surface area contributed by atoms with Crippen molar-refractivity contribution in [1.82, 2.24) is 9.80 Å². The van der Waals surface area contributed by atoms with Gasteiger partial charge in [-0.1, -0.05) is 19.3 Å². The fourth-order valence-electron chi connectivity index (χ4n) is 4.18. The Morgan fingerprint density at radius 1 is 0.833 bits per heavy atom. The van der Waals surface area contributed by atoms with Crippen molar-refractivity contribution < 1.29 is 0 Å². The fourth-order valence-corrected chi connectivity index (χ4v) is 4.18. The van der Waals surface area contributed by atoms with E-state index in [1.807, 2.05) is 0 Å². The molecule has 3 nitrogen and oxygen atoms in total. The van der Waals surface area contributed by atoms with Gasteiger partial charge in [-0.15, -0.1) is 0 Å². The molecule has 3 unspecified atom stereocenters. The van der Waals surface area contributed by atoms with E-state index in [4.69, 9.17) is 0 Å². The SMILES string of the molecule is N#CC1CCCCC1N1CCN2CCCCC2C1. The van der Waals surface area contributed by atoms with Crippen LogP contribution in [0, 0.1) is 17.2 Å². The second-order valence-corrected chi connectivity index (χ2v) is 6.27. The van der Waals surface area contributed by atoms with Gasteiger partial charge in [-0.25, -0.2) is 0 Å². The largest absolute Gasteiger partial charge is 0.298 e. The van der Waals surface area contributed by atoms with Crippen molar-refractivity contribution in [2.75, 3.05) is 26.2 Å². The topological polar surface area (TPSA) is 30.3 Å². The van der Waals surface area contributed by atoms with E-state index >= 15 is 0 Å². The molecule has 2 aliphatic heterocycles. The van der Waals surface area contributed by atoms with Crippen LogP contribution in [0.25, 0.3) is 0 Å². The molecular weight excluding hydrogens is 222 g/mol.